The molecule has 1 fully saturated rings. The van der Waals surface area contributed by atoms with Crippen LogP contribution in [0.3, 0.4) is 0 Å². The Bertz CT molecular complexity index is 1280. The molecule has 3 aromatic heterocycles. The molecule has 0 amide bonds. The van der Waals surface area contributed by atoms with Gasteiger partial charge in [-0.2, -0.15) is 9.97 Å². The molecule has 1 N–H and O–H groups in total. The lowest BCUT2D eigenvalue weighted by atomic mass is 10.0. The molecule has 0 unspecified atom stereocenters. The first-order chi connectivity index (χ1) is 17.3. The van der Waals surface area contributed by atoms with Crippen LogP contribution in [0.25, 0.3) is 5.69 Å². The number of ether oxygens (including phenoxy) is 3. The summed E-state index contributed by atoms with van der Waals surface area (Å²) in [5.41, 5.74) is 0.271. The Morgan fingerprint density at radius 1 is 1.11 bits per heavy atom. The molecule has 0 radical (unpaired) electrons. The van der Waals surface area contributed by atoms with Crippen molar-refractivity contribution in [3.63, 3.8) is 0 Å². The molecule has 3 atom stereocenters. The Kier molecular flexibility index (Phi) is 7.85. The van der Waals surface area contributed by atoms with Crippen molar-refractivity contribution in [2.45, 2.75) is 43.8 Å². The molecule has 36 heavy (non-hydrogen) atoms. The molecule has 194 valence electrons. The summed E-state index contributed by atoms with van der Waals surface area (Å²) in [6.45, 7) is 4.34. The van der Waals surface area contributed by atoms with Gasteiger partial charge in [-0.05, 0) is 19.8 Å². The number of nitrogens with one attached hydrogen (secondary N) is 1. The van der Waals surface area contributed by atoms with Gasteiger partial charge in [-0.25, -0.2) is 18.4 Å². The molecule has 4 rings (SSSR count). The molecular formula is C21H27ClN8O5S. The molecule has 1 saturated heterocycles. The van der Waals surface area contributed by atoms with Crippen molar-refractivity contribution in [2.24, 2.45) is 0 Å². The first kappa shape index (κ1) is 26.0. The third-order valence-corrected chi connectivity index (χ3v) is 8.10. The van der Waals surface area contributed by atoms with Gasteiger partial charge in [-0.1, -0.05) is 18.5 Å². The summed E-state index contributed by atoms with van der Waals surface area (Å²) in [4.78, 5) is 16.7. The second-order valence-electron chi connectivity index (χ2n) is 8.27. The number of rotatable bonds is 9. The van der Waals surface area contributed by atoms with E-state index in [0.717, 1.165) is 12.8 Å². The Labute approximate surface area is 213 Å². The molecule has 3 aromatic rings. The van der Waals surface area contributed by atoms with Crippen LogP contribution in [0.4, 0.5) is 5.95 Å². The van der Waals surface area contributed by atoms with Gasteiger partial charge >= 0.3 is 0 Å². The molecule has 13 nitrogen and oxygen atoms in total. The molecule has 1 aliphatic rings. The zero-order chi connectivity index (χ0) is 25.9. The largest absolute Gasteiger partial charge is 0.479 e. The van der Waals surface area contributed by atoms with Crippen molar-refractivity contribution < 1.29 is 22.6 Å². The number of sulfonamides is 1. The highest BCUT2D eigenvalue weighted by atomic mass is 35.5. The van der Waals surface area contributed by atoms with Crippen LogP contribution in [0, 0.1) is 0 Å². The average molecular weight is 539 g/mol. The number of halogens is 1. The van der Waals surface area contributed by atoms with Gasteiger partial charge in [-0.3, -0.25) is 9.29 Å². The van der Waals surface area contributed by atoms with Gasteiger partial charge in [0.2, 0.25) is 27.7 Å². The fourth-order valence-corrected chi connectivity index (χ4v) is 5.21. The summed E-state index contributed by atoms with van der Waals surface area (Å²) in [5.74, 6) is 0.397. The van der Waals surface area contributed by atoms with E-state index in [1.54, 1.807) is 13.8 Å². The third kappa shape index (κ3) is 5.20. The highest BCUT2D eigenvalue weighted by Crippen LogP contribution is 2.36. The fourth-order valence-electron chi connectivity index (χ4n) is 3.89. The van der Waals surface area contributed by atoms with Crippen LogP contribution < -0.4 is 14.2 Å². The average Bonchev–Trinajstić information content (AvgIpc) is 3.30. The Balaban J connectivity index is 1.77. The summed E-state index contributed by atoms with van der Waals surface area (Å²) in [7, 11) is -1.11. The van der Waals surface area contributed by atoms with E-state index in [1.165, 1.54) is 37.5 Å². The minimum absolute atomic E-state index is 0.0574. The van der Waals surface area contributed by atoms with Gasteiger partial charge < -0.3 is 14.2 Å². The minimum Gasteiger partial charge on any atom is -0.479 e. The van der Waals surface area contributed by atoms with Gasteiger partial charge in [0, 0.05) is 30.8 Å². The lowest BCUT2D eigenvalue weighted by Crippen LogP contribution is -2.31. The molecule has 4 heterocycles. The molecule has 15 heteroatoms. The molecule has 0 bridgehead atoms. The van der Waals surface area contributed by atoms with Gasteiger partial charge in [0.15, 0.2) is 5.69 Å². The van der Waals surface area contributed by atoms with Gasteiger partial charge in [-0.15, -0.1) is 10.2 Å². The summed E-state index contributed by atoms with van der Waals surface area (Å²) in [6.07, 6.45) is 5.75. The maximum absolute atomic E-state index is 13.5. The number of hydrogen-bond acceptors (Lipinski definition) is 11. The number of hydrogen-bond donors (Lipinski definition) is 1. The van der Waals surface area contributed by atoms with Crippen LogP contribution in [-0.2, 0) is 14.8 Å². The summed E-state index contributed by atoms with van der Waals surface area (Å²) in [6, 6.07) is 0. The lowest BCUT2D eigenvalue weighted by Gasteiger charge is -2.24. The summed E-state index contributed by atoms with van der Waals surface area (Å²) < 4.78 is 47.6. The van der Waals surface area contributed by atoms with Crippen molar-refractivity contribution in [2.75, 3.05) is 32.2 Å². The van der Waals surface area contributed by atoms with Crippen molar-refractivity contribution in [1.29, 1.82) is 0 Å². The Morgan fingerprint density at radius 3 is 2.36 bits per heavy atom. The zero-order valence-electron chi connectivity index (χ0n) is 20.3. The number of anilines is 1. The number of methoxy groups -OCH3 is 2. The van der Waals surface area contributed by atoms with Crippen LogP contribution in [0.1, 0.15) is 50.2 Å². The second-order valence-corrected chi connectivity index (χ2v) is 10.7. The van der Waals surface area contributed by atoms with Crippen molar-refractivity contribution in [1.82, 2.24) is 34.7 Å². The topological polar surface area (TPSA) is 156 Å². The highest BCUT2D eigenvalue weighted by molar-refractivity contribution is 7.93. The van der Waals surface area contributed by atoms with E-state index in [2.05, 4.69) is 34.9 Å². The molecule has 0 saturated carbocycles. The van der Waals surface area contributed by atoms with Crippen LogP contribution >= 0.6 is 11.6 Å². The second kappa shape index (κ2) is 10.9. The molecule has 0 spiro atoms. The minimum atomic E-state index is -4.00. The van der Waals surface area contributed by atoms with Gasteiger partial charge in [0.1, 0.15) is 18.0 Å². The number of nitrogens with zero attached hydrogens (tertiary/aromatic N) is 7. The van der Waals surface area contributed by atoms with E-state index in [-0.39, 0.29) is 29.3 Å². The SMILES string of the molecule is COc1ncnc(OC)c1-n1c(NS(=O)(=O)[C@@H](C)[C@H](C)c2ncc(Cl)cn2)nnc1[C@@H]1CCCOC1. The first-order valence-electron chi connectivity index (χ1n) is 11.2. The lowest BCUT2D eigenvalue weighted by molar-refractivity contribution is 0.0775. The predicted octanol–water partition coefficient (Wildman–Crippen LogP) is 2.35. The maximum Gasteiger partial charge on any atom is 0.245 e. The monoisotopic (exact) mass is 538 g/mol. The predicted molar refractivity (Wildman–Crippen MR) is 130 cm³/mol. The normalized spacial score (nSPS) is 17.9. The van der Waals surface area contributed by atoms with Crippen molar-refractivity contribution >= 4 is 27.6 Å². The van der Waals surface area contributed by atoms with Gasteiger partial charge in [0.25, 0.3) is 0 Å². The van der Waals surface area contributed by atoms with Crippen molar-refractivity contribution in [3.8, 4) is 17.4 Å². The van der Waals surface area contributed by atoms with E-state index < -0.39 is 21.2 Å². The zero-order valence-corrected chi connectivity index (χ0v) is 21.8. The van der Waals surface area contributed by atoms with E-state index in [4.69, 9.17) is 25.8 Å². The van der Waals surface area contributed by atoms with E-state index in [0.29, 0.717) is 29.9 Å². The molecular weight excluding hydrogens is 512 g/mol. The molecule has 0 aliphatic carbocycles. The van der Waals surface area contributed by atoms with E-state index in [9.17, 15) is 8.42 Å². The smallest absolute Gasteiger partial charge is 0.245 e. The van der Waals surface area contributed by atoms with Crippen LogP contribution in [0.5, 0.6) is 11.8 Å². The van der Waals surface area contributed by atoms with Crippen molar-refractivity contribution in [3.05, 3.63) is 35.4 Å². The number of aromatic nitrogens is 7. The quantitative estimate of drug-likeness (QED) is 0.426. The van der Waals surface area contributed by atoms with Crippen LogP contribution in [0.15, 0.2) is 18.7 Å². The molecule has 1 aliphatic heterocycles. The Hall–Kier alpha value is -3.10. The Morgan fingerprint density at radius 2 is 1.78 bits per heavy atom. The third-order valence-electron chi connectivity index (χ3n) is 6.05. The summed E-state index contributed by atoms with van der Waals surface area (Å²) >= 11 is 5.87. The first-order valence-corrected chi connectivity index (χ1v) is 13.1. The fraction of sp³-hybridized carbons (Fsp3) is 0.524. The standard InChI is InChI=1S/C21H27ClN8O5S/c1-12(17-23-8-15(22)9-24-17)13(2)36(31,32)29-21-28-27-18(14-6-5-7-35-10-14)30(21)16-19(33-3)25-11-26-20(16)34-4/h8-9,11-14H,5-7,10H2,1-4H3,(H,28,29)/t12-,13-,14+/m0/s1. The molecule has 0 aromatic carbocycles. The van der Waals surface area contributed by atoms with Gasteiger partial charge in [0.05, 0.1) is 31.1 Å². The maximum atomic E-state index is 13.5. The summed E-state index contributed by atoms with van der Waals surface area (Å²) in [5, 5.41) is 7.94. The van der Waals surface area contributed by atoms with Crippen LogP contribution in [-0.4, -0.2) is 75.8 Å². The highest BCUT2D eigenvalue weighted by Gasteiger charge is 2.34. The van der Waals surface area contributed by atoms with Crippen LogP contribution in [0.2, 0.25) is 5.02 Å². The van der Waals surface area contributed by atoms with E-state index >= 15 is 0 Å². The van der Waals surface area contributed by atoms with E-state index in [1.807, 2.05) is 0 Å².